The lowest BCUT2D eigenvalue weighted by molar-refractivity contribution is -0.119. The van der Waals surface area contributed by atoms with Crippen molar-refractivity contribution in [2.75, 3.05) is 16.8 Å². The minimum atomic E-state index is -0.372. The first-order chi connectivity index (χ1) is 10.2. The molecule has 108 valence electrons. The van der Waals surface area contributed by atoms with Crippen molar-refractivity contribution >= 4 is 17.3 Å². The summed E-state index contributed by atoms with van der Waals surface area (Å²) in [5.41, 5.74) is 2.45. The Balaban J connectivity index is 1.84. The maximum absolute atomic E-state index is 13.9. The van der Waals surface area contributed by atoms with Crippen molar-refractivity contribution in [1.82, 2.24) is 0 Å². The van der Waals surface area contributed by atoms with Gasteiger partial charge < -0.3 is 10.2 Å². The van der Waals surface area contributed by atoms with E-state index in [0.29, 0.717) is 18.7 Å². The number of hydrogen-bond donors (Lipinski definition) is 1. The van der Waals surface area contributed by atoms with Gasteiger partial charge in [0, 0.05) is 18.7 Å². The van der Waals surface area contributed by atoms with Crippen LogP contribution in [0.2, 0.25) is 0 Å². The molecule has 0 aliphatic carbocycles. The molecule has 0 aromatic heterocycles. The van der Waals surface area contributed by atoms with Crippen molar-refractivity contribution in [3.63, 3.8) is 0 Å². The molecule has 1 aliphatic rings. The average Bonchev–Trinajstić information content (AvgIpc) is 2.93. The standard InChI is InChI=1S/C17H17FN2O/c1-2-20(16-10-6-4-8-13(16)18)17(21)15-11-12-7-3-5-9-14(12)19-15/h3-10,15,19H,2,11H2,1H3. The SMILES string of the molecule is CCN(C(=O)C1Cc2ccccc2N1)c1ccccc1F. The average molecular weight is 284 g/mol. The molecule has 3 nitrogen and oxygen atoms in total. The van der Waals surface area contributed by atoms with Gasteiger partial charge >= 0.3 is 0 Å². The molecule has 1 atom stereocenters. The zero-order chi connectivity index (χ0) is 14.8. The molecule has 1 N–H and O–H groups in total. The number of benzene rings is 2. The lowest BCUT2D eigenvalue weighted by atomic mass is 10.1. The highest BCUT2D eigenvalue weighted by atomic mass is 19.1. The molecule has 2 aromatic rings. The largest absolute Gasteiger partial charge is 0.373 e. The summed E-state index contributed by atoms with van der Waals surface area (Å²) in [5.74, 6) is -0.470. The molecule has 0 bridgehead atoms. The maximum Gasteiger partial charge on any atom is 0.249 e. The predicted octanol–water partition coefficient (Wildman–Crippen LogP) is 3.22. The van der Waals surface area contributed by atoms with Crippen molar-refractivity contribution in [2.24, 2.45) is 0 Å². The van der Waals surface area contributed by atoms with Gasteiger partial charge in [0.15, 0.2) is 0 Å². The fraction of sp³-hybridized carbons (Fsp3) is 0.235. The van der Waals surface area contributed by atoms with E-state index in [4.69, 9.17) is 0 Å². The van der Waals surface area contributed by atoms with Crippen LogP contribution in [0.3, 0.4) is 0 Å². The Morgan fingerprint density at radius 2 is 1.95 bits per heavy atom. The summed E-state index contributed by atoms with van der Waals surface area (Å²) in [6, 6.07) is 13.9. The highest BCUT2D eigenvalue weighted by Gasteiger charge is 2.30. The van der Waals surface area contributed by atoms with E-state index in [0.717, 1.165) is 11.3 Å². The minimum Gasteiger partial charge on any atom is -0.373 e. The summed E-state index contributed by atoms with van der Waals surface area (Å²) in [4.78, 5) is 14.2. The van der Waals surface area contributed by atoms with Crippen LogP contribution in [0.15, 0.2) is 48.5 Å². The minimum absolute atomic E-state index is 0.0983. The van der Waals surface area contributed by atoms with Crippen LogP contribution >= 0.6 is 0 Å². The molecular weight excluding hydrogens is 267 g/mol. The topological polar surface area (TPSA) is 32.3 Å². The van der Waals surface area contributed by atoms with Crippen LogP contribution in [-0.2, 0) is 11.2 Å². The Hall–Kier alpha value is -2.36. The molecule has 1 amide bonds. The van der Waals surface area contributed by atoms with Gasteiger partial charge in [-0.05, 0) is 30.7 Å². The van der Waals surface area contributed by atoms with E-state index in [1.165, 1.54) is 11.0 Å². The summed E-state index contributed by atoms with van der Waals surface area (Å²) in [6.45, 7) is 2.29. The first kappa shape index (κ1) is 13.6. The Morgan fingerprint density at radius 1 is 1.24 bits per heavy atom. The van der Waals surface area contributed by atoms with Crippen LogP contribution in [0.25, 0.3) is 0 Å². The first-order valence-electron chi connectivity index (χ1n) is 7.11. The van der Waals surface area contributed by atoms with E-state index in [-0.39, 0.29) is 17.8 Å². The Kier molecular flexibility index (Phi) is 3.60. The van der Waals surface area contributed by atoms with Crippen LogP contribution < -0.4 is 10.2 Å². The van der Waals surface area contributed by atoms with Crippen LogP contribution in [0.5, 0.6) is 0 Å². The summed E-state index contributed by atoms with van der Waals surface area (Å²) in [6.07, 6.45) is 0.639. The van der Waals surface area contributed by atoms with E-state index >= 15 is 0 Å². The molecule has 1 aliphatic heterocycles. The van der Waals surface area contributed by atoms with E-state index < -0.39 is 0 Å². The van der Waals surface area contributed by atoms with E-state index in [2.05, 4.69) is 5.32 Å². The molecule has 2 aromatic carbocycles. The number of nitrogens with one attached hydrogen (secondary N) is 1. The van der Waals surface area contributed by atoms with Gasteiger partial charge in [-0.2, -0.15) is 0 Å². The van der Waals surface area contributed by atoms with Crippen LogP contribution in [-0.4, -0.2) is 18.5 Å². The molecule has 0 saturated heterocycles. The summed E-state index contributed by atoms with van der Waals surface area (Å²) in [5, 5.41) is 3.22. The van der Waals surface area contributed by atoms with Gasteiger partial charge in [-0.1, -0.05) is 30.3 Å². The van der Waals surface area contributed by atoms with E-state index in [1.807, 2.05) is 31.2 Å². The van der Waals surface area contributed by atoms with Gasteiger partial charge in [0.05, 0.1) is 5.69 Å². The van der Waals surface area contributed by atoms with Gasteiger partial charge in [0.1, 0.15) is 11.9 Å². The normalized spacial score (nSPS) is 16.2. The van der Waals surface area contributed by atoms with Gasteiger partial charge in [-0.3, -0.25) is 4.79 Å². The summed E-state index contributed by atoms with van der Waals surface area (Å²) < 4.78 is 13.9. The first-order valence-corrected chi connectivity index (χ1v) is 7.11. The number of hydrogen-bond acceptors (Lipinski definition) is 2. The van der Waals surface area contributed by atoms with Crippen molar-refractivity contribution in [3.05, 3.63) is 59.9 Å². The lowest BCUT2D eigenvalue weighted by Gasteiger charge is -2.25. The van der Waals surface area contributed by atoms with Gasteiger partial charge in [0.25, 0.3) is 0 Å². The number of anilines is 2. The number of para-hydroxylation sites is 2. The molecule has 1 heterocycles. The molecule has 0 saturated carbocycles. The smallest absolute Gasteiger partial charge is 0.249 e. The van der Waals surface area contributed by atoms with Crippen LogP contribution in [0.4, 0.5) is 15.8 Å². The second-order valence-corrected chi connectivity index (χ2v) is 5.09. The molecule has 4 heteroatoms. The number of carbonyl (C=O) groups is 1. The second-order valence-electron chi connectivity index (χ2n) is 5.09. The van der Waals surface area contributed by atoms with Gasteiger partial charge in [-0.15, -0.1) is 0 Å². The van der Waals surface area contributed by atoms with Gasteiger partial charge in [-0.25, -0.2) is 4.39 Å². The quantitative estimate of drug-likeness (QED) is 0.938. The number of carbonyl (C=O) groups excluding carboxylic acids is 1. The zero-order valence-electron chi connectivity index (χ0n) is 11.8. The molecule has 0 fully saturated rings. The highest BCUT2D eigenvalue weighted by molar-refractivity contribution is 6.00. The number of halogens is 1. The van der Waals surface area contributed by atoms with Crippen molar-refractivity contribution in [1.29, 1.82) is 0 Å². The number of nitrogens with zero attached hydrogens (tertiary/aromatic N) is 1. The van der Waals surface area contributed by atoms with Crippen molar-refractivity contribution in [3.8, 4) is 0 Å². The maximum atomic E-state index is 13.9. The molecule has 0 radical (unpaired) electrons. The van der Waals surface area contributed by atoms with Gasteiger partial charge in [0.2, 0.25) is 5.91 Å². The predicted molar refractivity (Wildman–Crippen MR) is 82.0 cm³/mol. The third-order valence-corrected chi connectivity index (χ3v) is 3.79. The van der Waals surface area contributed by atoms with E-state index in [1.54, 1.807) is 18.2 Å². The van der Waals surface area contributed by atoms with Crippen molar-refractivity contribution < 1.29 is 9.18 Å². The molecule has 1 unspecified atom stereocenters. The Bertz CT molecular complexity index is 646. The highest BCUT2D eigenvalue weighted by Crippen LogP contribution is 2.28. The molecule has 3 rings (SSSR count). The number of rotatable bonds is 3. The van der Waals surface area contributed by atoms with Crippen LogP contribution in [0.1, 0.15) is 12.5 Å². The Labute approximate surface area is 123 Å². The number of amides is 1. The second kappa shape index (κ2) is 5.56. The van der Waals surface area contributed by atoms with Crippen molar-refractivity contribution in [2.45, 2.75) is 19.4 Å². The lowest BCUT2D eigenvalue weighted by Crippen LogP contribution is -2.42. The third kappa shape index (κ3) is 2.49. The number of likely N-dealkylation sites (N-methyl/N-ethyl adjacent to an activating group) is 1. The summed E-state index contributed by atoms with van der Waals surface area (Å²) >= 11 is 0. The van der Waals surface area contributed by atoms with Crippen LogP contribution in [0, 0.1) is 5.82 Å². The number of fused-ring (bicyclic) bond motifs is 1. The van der Waals surface area contributed by atoms with E-state index in [9.17, 15) is 9.18 Å². The third-order valence-electron chi connectivity index (χ3n) is 3.79. The fourth-order valence-electron chi connectivity index (χ4n) is 2.75. The fourth-order valence-corrected chi connectivity index (χ4v) is 2.75. The molecule has 0 spiro atoms. The molecule has 21 heavy (non-hydrogen) atoms. The summed E-state index contributed by atoms with van der Waals surface area (Å²) in [7, 11) is 0. The Morgan fingerprint density at radius 3 is 2.67 bits per heavy atom. The molecular formula is C17H17FN2O. The zero-order valence-corrected chi connectivity index (χ0v) is 11.8. The monoisotopic (exact) mass is 284 g/mol.